The average Bonchev–Trinajstić information content (AvgIpc) is 2.74. The van der Waals surface area contributed by atoms with Gasteiger partial charge in [0.1, 0.15) is 5.75 Å². The first-order chi connectivity index (χ1) is 13.7. The molecule has 4 rings (SSSR count). The normalized spacial score (nSPS) is 15.0. The highest BCUT2D eigenvalue weighted by Crippen LogP contribution is 2.29. The quantitative estimate of drug-likeness (QED) is 0.621. The lowest BCUT2D eigenvalue weighted by molar-refractivity contribution is 0.101. The zero-order chi connectivity index (χ0) is 19.5. The van der Waals surface area contributed by atoms with Gasteiger partial charge in [0.05, 0.1) is 7.11 Å². The van der Waals surface area contributed by atoms with Gasteiger partial charge in [0.25, 0.3) is 0 Å². The molecule has 1 saturated heterocycles. The van der Waals surface area contributed by atoms with Crippen molar-refractivity contribution in [3.63, 3.8) is 0 Å². The molecular formula is C24H26N2O2. The summed E-state index contributed by atoms with van der Waals surface area (Å²) < 4.78 is 5.52. The van der Waals surface area contributed by atoms with E-state index in [2.05, 4.69) is 58.3 Å². The number of ketones is 1. The van der Waals surface area contributed by atoms with Crippen LogP contribution in [-0.2, 0) is 6.54 Å². The Kier molecular flexibility index (Phi) is 5.31. The van der Waals surface area contributed by atoms with Gasteiger partial charge in [-0.05, 0) is 48.2 Å². The molecule has 1 fully saturated rings. The number of methoxy groups -OCH3 is 1. The van der Waals surface area contributed by atoms with Crippen LogP contribution in [0.5, 0.6) is 5.75 Å². The Labute approximate surface area is 166 Å². The number of piperazine rings is 1. The van der Waals surface area contributed by atoms with E-state index in [1.807, 2.05) is 12.1 Å². The number of rotatable bonds is 5. The summed E-state index contributed by atoms with van der Waals surface area (Å²) in [6.45, 7) is 6.59. The monoisotopic (exact) mass is 374 g/mol. The minimum Gasteiger partial charge on any atom is -0.496 e. The average molecular weight is 374 g/mol. The Morgan fingerprint density at radius 2 is 1.57 bits per heavy atom. The SMILES string of the molecule is COc1ccc(CN2CCN(c3ccc(C(C)=O)cc3)CC2)c2ccccc12. The summed E-state index contributed by atoms with van der Waals surface area (Å²) in [6, 6.07) is 20.7. The van der Waals surface area contributed by atoms with Crippen LogP contribution in [0.1, 0.15) is 22.8 Å². The zero-order valence-corrected chi connectivity index (χ0v) is 16.5. The van der Waals surface area contributed by atoms with Crippen molar-refractivity contribution < 1.29 is 9.53 Å². The van der Waals surface area contributed by atoms with Gasteiger partial charge in [0, 0.05) is 49.4 Å². The number of Topliss-reactive ketones (excluding diaryl/α,β-unsaturated/α-hetero) is 1. The molecular weight excluding hydrogens is 348 g/mol. The molecule has 0 unspecified atom stereocenters. The van der Waals surface area contributed by atoms with Crippen molar-refractivity contribution >= 4 is 22.2 Å². The van der Waals surface area contributed by atoms with Crippen LogP contribution < -0.4 is 9.64 Å². The number of hydrogen-bond donors (Lipinski definition) is 0. The highest BCUT2D eigenvalue weighted by Gasteiger charge is 2.18. The summed E-state index contributed by atoms with van der Waals surface area (Å²) in [7, 11) is 1.73. The lowest BCUT2D eigenvalue weighted by atomic mass is 10.0. The molecule has 0 atom stereocenters. The lowest BCUT2D eigenvalue weighted by Gasteiger charge is -2.36. The third-order valence-corrected chi connectivity index (χ3v) is 5.60. The van der Waals surface area contributed by atoms with Gasteiger partial charge in [-0.3, -0.25) is 9.69 Å². The predicted molar refractivity (Wildman–Crippen MR) is 114 cm³/mol. The summed E-state index contributed by atoms with van der Waals surface area (Å²) >= 11 is 0. The maximum absolute atomic E-state index is 11.5. The number of benzene rings is 3. The van der Waals surface area contributed by atoms with Gasteiger partial charge in [-0.2, -0.15) is 0 Å². The molecule has 0 spiro atoms. The molecule has 4 heteroatoms. The fraction of sp³-hybridized carbons (Fsp3) is 0.292. The standard InChI is InChI=1S/C24H26N2O2/c1-18(27)19-7-10-21(11-8-19)26-15-13-25(14-16-26)17-20-9-12-24(28-2)23-6-4-3-5-22(20)23/h3-12H,13-17H2,1-2H3. The fourth-order valence-electron chi connectivity index (χ4n) is 3.96. The first-order valence-corrected chi connectivity index (χ1v) is 9.78. The van der Waals surface area contributed by atoms with E-state index in [1.165, 1.54) is 22.0 Å². The van der Waals surface area contributed by atoms with E-state index in [9.17, 15) is 4.79 Å². The third-order valence-electron chi connectivity index (χ3n) is 5.60. The van der Waals surface area contributed by atoms with Gasteiger partial charge >= 0.3 is 0 Å². The maximum atomic E-state index is 11.5. The first-order valence-electron chi connectivity index (χ1n) is 9.78. The fourth-order valence-corrected chi connectivity index (χ4v) is 3.96. The largest absolute Gasteiger partial charge is 0.496 e. The van der Waals surface area contributed by atoms with Gasteiger partial charge in [0.2, 0.25) is 0 Å². The zero-order valence-electron chi connectivity index (χ0n) is 16.5. The van der Waals surface area contributed by atoms with Crippen LogP contribution in [0.15, 0.2) is 60.7 Å². The second-order valence-electron chi connectivity index (χ2n) is 7.34. The lowest BCUT2D eigenvalue weighted by Crippen LogP contribution is -2.46. The smallest absolute Gasteiger partial charge is 0.159 e. The molecule has 28 heavy (non-hydrogen) atoms. The molecule has 0 N–H and O–H groups in total. The molecule has 3 aromatic carbocycles. The van der Waals surface area contributed by atoms with Gasteiger partial charge in [-0.15, -0.1) is 0 Å². The van der Waals surface area contributed by atoms with Gasteiger partial charge in [0.15, 0.2) is 5.78 Å². The number of carbonyl (C=O) groups excluding carboxylic acids is 1. The number of ether oxygens (including phenoxy) is 1. The molecule has 0 saturated carbocycles. The van der Waals surface area contributed by atoms with E-state index in [0.29, 0.717) is 0 Å². The van der Waals surface area contributed by atoms with Crippen LogP contribution in [0, 0.1) is 0 Å². The molecule has 0 radical (unpaired) electrons. The summed E-state index contributed by atoms with van der Waals surface area (Å²) in [4.78, 5) is 16.4. The van der Waals surface area contributed by atoms with Crippen molar-refractivity contribution in [3.05, 3.63) is 71.8 Å². The van der Waals surface area contributed by atoms with Gasteiger partial charge in [-0.25, -0.2) is 0 Å². The van der Waals surface area contributed by atoms with Crippen molar-refractivity contribution in [1.29, 1.82) is 0 Å². The molecule has 144 valence electrons. The van der Waals surface area contributed by atoms with E-state index in [-0.39, 0.29) is 5.78 Å². The van der Waals surface area contributed by atoms with Crippen molar-refractivity contribution in [2.45, 2.75) is 13.5 Å². The molecule has 1 aliphatic rings. The summed E-state index contributed by atoms with van der Waals surface area (Å²) in [5.74, 6) is 1.04. The molecule has 0 amide bonds. The van der Waals surface area contributed by atoms with Crippen LogP contribution >= 0.6 is 0 Å². The second-order valence-corrected chi connectivity index (χ2v) is 7.34. The summed E-state index contributed by atoms with van der Waals surface area (Å²) in [5, 5.41) is 2.44. The number of carbonyl (C=O) groups is 1. The number of fused-ring (bicyclic) bond motifs is 1. The molecule has 3 aromatic rings. The minimum atomic E-state index is 0.114. The highest BCUT2D eigenvalue weighted by molar-refractivity contribution is 5.94. The minimum absolute atomic E-state index is 0.114. The second kappa shape index (κ2) is 8.03. The molecule has 1 aliphatic heterocycles. The van der Waals surface area contributed by atoms with E-state index >= 15 is 0 Å². The molecule has 0 bridgehead atoms. The van der Waals surface area contributed by atoms with Crippen LogP contribution in [0.25, 0.3) is 10.8 Å². The van der Waals surface area contributed by atoms with E-state index in [4.69, 9.17) is 4.74 Å². The Morgan fingerprint density at radius 3 is 2.21 bits per heavy atom. The molecule has 0 aromatic heterocycles. The summed E-state index contributed by atoms with van der Waals surface area (Å²) in [5.41, 5.74) is 3.31. The first kappa shape index (κ1) is 18.5. The van der Waals surface area contributed by atoms with Crippen molar-refractivity contribution in [2.75, 3.05) is 38.2 Å². The van der Waals surface area contributed by atoms with Crippen molar-refractivity contribution in [3.8, 4) is 5.75 Å². The Balaban J connectivity index is 1.44. The van der Waals surface area contributed by atoms with E-state index < -0.39 is 0 Å². The van der Waals surface area contributed by atoms with E-state index in [1.54, 1.807) is 14.0 Å². The Hall–Kier alpha value is -2.85. The van der Waals surface area contributed by atoms with Crippen molar-refractivity contribution in [1.82, 2.24) is 4.90 Å². The topological polar surface area (TPSA) is 32.8 Å². The van der Waals surface area contributed by atoms with Gasteiger partial charge < -0.3 is 9.64 Å². The predicted octanol–water partition coefficient (Wildman–Crippen LogP) is 4.37. The van der Waals surface area contributed by atoms with Crippen LogP contribution in [0.4, 0.5) is 5.69 Å². The van der Waals surface area contributed by atoms with Crippen LogP contribution in [-0.4, -0.2) is 44.0 Å². The van der Waals surface area contributed by atoms with E-state index in [0.717, 1.165) is 44.0 Å². The van der Waals surface area contributed by atoms with Gasteiger partial charge in [-0.1, -0.05) is 30.3 Å². The highest BCUT2D eigenvalue weighted by atomic mass is 16.5. The maximum Gasteiger partial charge on any atom is 0.159 e. The molecule has 0 aliphatic carbocycles. The Bertz CT molecular complexity index is 974. The summed E-state index contributed by atoms with van der Waals surface area (Å²) in [6.07, 6.45) is 0. The Morgan fingerprint density at radius 1 is 0.893 bits per heavy atom. The van der Waals surface area contributed by atoms with Crippen LogP contribution in [0.2, 0.25) is 0 Å². The molecule has 4 nitrogen and oxygen atoms in total. The van der Waals surface area contributed by atoms with Crippen molar-refractivity contribution in [2.24, 2.45) is 0 Å². The number of nitrogens with zero attached hydrogens (tertiary/aromatic N) is 2. The molecule has 1 heterocycles. The van der Waals surface area contributed by atoms with Crippen LogP contribution in [0.3, 0.4) is 0 Å². The number of hydrogen-bond acceptors (Lipinski definition) is 4. The third kappa shape index (κ3) is 3.73. The number of anilines is 1.